The van der Waals surface area contributed by atoms with Gasteiger partial charge >= 0.3 is 6.03 Å². The Morgan fingerprint density at radius 1 is 1.29 bits per heavy atom. The summed E-state index contributed by atoms with van der Waals surface area (Å²) in [6, 6.07) is 8.05. The highest BCUT2D eigenvalue weighted by molar-refractivity contribution is 5.76. The number of hydrogen-bond acceptors (Lipinski definition) is 2. The van der Waals surface area contributed by atoms with Gasteiger partial charge < -0.3 is 15.5 Å². The van der Waals surface area contributed by atoms with E-state index in [-0.39, 0.29) is 24.0 Å². The Morgan fingerprint density at radius 3 is 2.58 bits per heavy atom. The van der Waals surface area contributed by atoms with Crippen molar-refractivity contribution in [2.75, 3.05) is 13.1 Å². The molecule has 0 radical (unpaired) electrons. The van der Waals surface area contributed by atoms with E-state index in [1.165, 1.54) is 5.56 Å². The normalized spacial score (nSPS) is 18.5. The summed E-state index contributed by atoms with van der Waals surface area (Å²) in [4.78, 5) is 25.6. The molecule has 1 saturated heterocycles. The second-order valence-corrected chi connectivity index (χ2v) is 7.11. The number of hydrogen-bond donors (Lipinski definition) is 2. The van der Waals surface area contributed by atoms with Crippen LogP contribution in [0, 0.1) is 12.8 Å². The van der Waals surface area contributed by atoms with Crippen molar-refractivity contribution in [2.45, 2.75) is 52.6 Å². The topological polar surface area (TPSA) is 61.4 Å². The Morgan fingerprint density at radius 2 is 2.00 bits per heavy atom. The largest absolute Gasteiger partial charge is 0.341 e. The Balaban J connectivity index is 1.98. The summed E-state index contributed by atoms with van der Waals surface area (Å²) in [6.07, 6.45) is 1.70. The lowest BCUT2D eigenvalue weighted by Crippen LogP contribution is -2.45. The zero-order valence-corrected chi connectivity index (χ0v) is 15.1. The predicted octanol–water partition coefficient (Wildman–Crippen LogP) is 3.00. The fourth-order valence-electron chi connectivity index (χ4n) is 3.26. The summed E-state index contributed by atoms with van der Waals surface area (Å²) in [5.41, 5.74) is 2.35. The van der Waals surface area contributed by atoms with Gasteiger partial charge in [-0.1, -0.05) is 38.1 Å². The van der Waals surface area contributed by atoms with Crippen LogP contribution in [0.15, 0.2) is 24.3 Å². The number of aryl methyl sites for hydroxylation is 1. The summed E-state index contributed by atoms with van der Waals surface area (Å²) in [7, 11) is 0. The van der Waals surface area contributed by atoms with Gasteiger partial charge in [0.15, 0.2) is 0 Å². The summed E-state index contributed by atoms with van der Waals surface area (Å²) >= 11 is 0. The minimum absolute atomic E-state index is 0.00323. The molecule has 0 aromatic heterocycles. The molecule has 1 heterocycles. The van der Waals surface area contributed by atoms with Crippen LogP contribution in [0.3, 0.4) is 0 Å². The van der Waals surface area contributed by atoms with Crippen LogP contribution < -0.4 is 10.6 Å². The first-order chi connectivity index (χ1) is 11.4. The molecule has 0 saturated carbocycles. The molecule has 0 aliphatic carbocycles. The summed E-state index contributed by atoms with van der Waals surface area (Å²) in [6.45, 7) is 9.28. The lowest BCUT2D eigenvalue weighted by atomic mass is 9.94. The van der Waals surface area contributed by atoms with E-state index in [2.05, 4.69) is 43.5 Å². The van der Waals surface area contributed by atoms with Crippen LogP contribution >= 0.6 is 0 Å². The quantitative estimate of drug-likeness (QED) is 0.871. The second-order valence-electron chi connectivity index (χ2n) is 7.11. The molecule has 5 heteroatoms. The maximum atomic E-state index is 12.4. The lowest BCUT2D eigenvalue weighted by molar-refractivity contribution is -0.127. The highest BCUT2D eigenvalue weighted by Crippen LogP contribution is 2.24. The van der Waals surface area contributed by atoms with Gasteiger partial charge in [0.1, 0.15) is 0 Å². The molecule has 132 valence electrons. The van der Waals surface area contributed by atoms with E-state index in [1.54, 1.807) is 11.8 Å². The van der Waals surface area contributed by atoms with Crippen molar-refractivity contribution >= 4 is 11.9 Å². The molecule has 3 amide bonds. The number of nitrogens with zero attached hydrogens (tertiary/aromatic N) is 1. The van der Waals surface area contributed by atoms with Gasteiger partial charge in [-0.05, 0) is 36.8 Å². The van der Waals surface area contributed by atoms with Crippen molar-refractivity contribution in [3.63, 3.8) is 0 Å². The fraction of sp³-hybridized carbons (Fsp3) is 0.579. The van der Waals surface area contributed by atoms with Crippen molar-refractivity contribution in [3.8, 4) is 0 Å². The number of rotatable bonds is 5. The SMILES string of the molecule is CC(=O)N1CC[C@H](NC(=O)N[C@H](CC(C)C)c2ccccc2C)C1. The summed E-state index contributed by atoms with van der Waals surface area (Å²) < 4.78 is 0. The van der Waals surface area contributed by atoms with Crippen molar-refractivity contribution in [1.29, 1.82) is 0 Å². The fourth-order valence-corrected chi connectivity index (χ4v) is 3.26. The average Bonchev–Trinajstić information content (AvgIpc) is 2.95. The molecule has 24 heavy (non-hydrogen) atoms. The second kappa shape index (κ2) is 8.18. The van der Waals surface area contributed by atoms with Crippen LogP contribution in [0.1, 0.15) is 50.8 Å². The molecule has 1 aromatic carbocycles. The molecule has 0 unspecified atom stereocenters. The minimum Gasteiger partial charge on any atom is -0.341 e. The molecule has 1 aromatic rings. The van der Waals surface area contributed by atoms with Crippen molar-refractivity contribution in [2.24, 2.45) is 5.92 Å². The van der Waals surface area contributed by atoms with Crippen LogP contribution in [0.4, 0.5) is 4.79 Å². The first kappa shape index (κ1) is 18.3. The minimum atomic E-state index is -0.153. The Hall–Kier alpha value is -2.04. The summed E-state index contributed by atoms with van der Waals surface area (Å²) in [5, 5.41) is 6.14. The predicted molar refractivity (Wildman–Crippen MR) is 95.7 cm³/mol. The van der Waals surface area contributed by atoms with Gasteiger partial charge in [-0.15, -0.1) is 0 Å². The zero-order chi connectivity index (χ0) is 17.7. The highest BCUT2D eigenvalue weighted by Gasteiger charge is 2.26. The number of benzene rings is 1. The standard InChI is InChI=1S/C19H29N3O2/c1-13(2)11-18(17-8-6-5-7-14(17)3)21-19(24)20-16-9-10-22(12-16)15(4)23/h5-8,13,16,18H,9-12H2,1-4H3,(H2,20,21,24)/t16-,18+/m0/s1. The average molecular weight is 331 g/mol. The van der Waals surface area contributed by atoms with Crippen LogP contribution in [0.5, 0.6) is 0 Å². The monoisotopic (exact) mass is 331 g/mol. The number of carbonyl (C=O) groups excluding carboxylic acids is 2. The van der Waals surface area contributed by atoms with E-state index < -0.39 is 0 Å². The lowest BCUT2D eigenvalue weighted by Gasteiger charge is -2.24. The maximum Gasteiger partial charge on any atom is 0.315 e. The zero-order valence-electron chi connectivity index (χ0n) is 15.1. The Bertz CT molecular complexity index is 586. The molecule has 2 N–H and O–H groups in total. The molecule has 0 bridgehead atoms. The van der Waals surface area contributed by atoms with Gasteiger partial charge in [0.25, 0.3) is 0 Å². The molecule has 1 fully saturated rings. The molecule has 2 rings (SSSR count). The van der Waals surface area contributed by atoms with Crippen molar-refractivity contribution < 1.29 is 9.59 Å². The van der Waals surface area contributed by atoms with Crippen molar-refractivity contribution in [3.05, 3.63) is 35.4 Å². The Labute approximate surface area is 144 Å². The van der Waals surface area contributed by atoms with Gasteiger partial charge in [-0.2, -0.15) is 0 Å². The van der Waals surface area contributed by atoms with Gasteiger partial charge in [0, 0.05) is 26.1 Å². The van der Waals surface area contributed by atoms with E-state index in [0.717, 1.165) is 18.4 Å². The first-order valence-electron chi connectivity index (χ1n) is 8.75. The number of amides is 3. The van der Waals surface area contributed by atoms with E-state index in [1.807, 2.05) is 12.1 Å². The van der Waals surface area contributed by atoms with Gasteiger partial charge in [0.05, 0.1) is 6.04 Å². The molecule has 2 atom stereocenters. The number of nitrogens with one attached hydrogen (secondary N) is 2. The number of urea groups is 1. The molecule has 5 nitrogen and oxygen atoms in total. The molecule has 1 aliphatic heterocycles. The molecule has 1 aliphatic rings. The first-order valence-corrected chi connectivity index (χ1v) is 8.75. The smallest absolute Gasteiger partial charge is 0.315 e. The molecule has 0 spiro atoms. The number of likely N-dealkylation sites (tertiary alicyclic amines) is 1. The van der Waals surface area contributed by atoms with E-state index in [0.29, 0.717) is 19.0 Å². The number of carbonyl (C=O) groups is 2. The third kappa shape index (κ3) is 4.98. The molecular formula is C19H29N3O2. The highest BCUT2D eigenvalue weighted by atomic mass is 16.2. The van der Waals surface area contributed by atoms with Crippen LogP contribution in [0.25, 0.3) is 0 Å². The third-order valence-electron chi connectivity index (χ3n) is 4.55. The van der Waals surface area contributed by atoms with E-state index >= 15 is 0 Å². The Kier molecular flexibility index (Phi) is 6.23. The van der Waals surface area contributed by atoms with Crippen LogP contribution in [0.2, 0.25) is 0 Å². The maximum absolute atomic E-state index is 12.4. The molecular weight excluding hydrogens is 302 g/mol. The van der Waals surface area contributed by atoms with E-state index in [4.69, 9.17) is 0 Å². The van der Waals surface area contributed by atoms with Crippen LogP contribution in [-0.4, -0.2) is 36.0 Å². The van der Waals surface area contributed by atoms with Gasteiger partial charge in [0.2, 0.25) is 5.91 Å². The van der Waals surface area contributed by atoms with Crippen molar-refractivity contribution in [1.82, 2.24) is 15.5 Å². The van der Waals surface area contributed by atoms with Crippen LogP contribution in [-0.2, 0) is 4.79 Å². The summed E-state index contributed by atoms with van der Waals surface area (Å²) in [5.74, 6) is 0.548. The third-order valence-corrected chi connectivity index (χ3v) is 4.55. The van der Waals surface area contributed by atoms with Gasteiger partial charge in [-0.25, -0.2) is 4.79 Å². The van der Waals surface area contributed by atoms with Gasteiger partial charge in [-0.3, -0.25) is 4.79 Å². The van der Waals surface area contributed by atoms with E-state index in [9.17, 15) is 9.59 Å².